The van der Waals surface area contributed by atoms with Gasteiger partial charge in [0.2, 0.25) is 21.8 Å². The van der Waals surface area contributed by atoms with Crippen molar-refractivity contribution < 1.29 is 30.8 Å². The SMILES string of the molecule is CC(=O)NS(=O)(=O)c1ccc(NC(=O)CCNS(=O)(=O)c2ccc(F)cc2)cc1. The van der Waals surface area contributed by atoms with Gasteiger partial charge in [-0.3, -0.25) is 9.59 Å². The van der Waals surface area contributed by atoms with Crippen LogP contribution in [0.5, 0.6) is 0 Å². The van der Waals surface area contributed by atoms with Crippen LogP contribution in [0.25, 0.3) is 0 Å². The Morgan fingerprint density at radius 3 is 1.93 bits per heavy atom. The molecule has 0 atom stereocenters. The number of hydrogen-bond donors (Lipinski definition) is 3. The molecule has 0 aliphatic heterocycles. The van der Waals surface area contributed by atoms with Crippen LogP contribution < -0.4 is 14.8 Å². The van der Waals surface area contributed by atoms with Crippen LogP contribution in [0.4, 0.5) is 10.1 Å². The van der Waals surface area contributed by atoms with Crippen LogP contribution in [0.1, 0.15) is 13.3 Å². The first-order valence-electron chi connectivity index (χ1n) is 8.18. The summed E-state index contributed by atoms with van der Waals surface area (Å²) in [6.07, 6.45) is -0.188. The lowest BCUT2D eigenvalue weighted by Gasteiger charge is -2.09. The number of benzene rings is 2. The Labute approximate surface area is 167 Å². The Morgan fingerprint density at radius 2 is 1.38 bits per heavy atom. The van der Waals surface area contributed by atoms with Gasteiger partial charge in [0.25, 0.3) is 10.0 Å². The topological polar surface area (TPSA) is 139 Å². The van der Waals surface area contributed by atoms with Gasteiger partial charge in [0.15, 0.2) is 0 Å². The number of amides is 2. The average molecular weight is 443 g/mol. The molecule has 0 spiro atoms. The van der Waals surface area contributed by atoms with Crippen molar-refractivity contribution in [2.45, 2.75) is 23.1 Å². The van der Waals surface area contributed by atoms with Crippen LogP contribution in [-0.2, 0) is 29.6 Å². The molecular weight excluding hydrogens is 425 g/mol. The molecule has 2 aromatic carbocycles. The van der Waals surface area contributed by atoms with E-state index in [4.69, 9.17) is 0 Å². The van der Waals surface area contributed by atoms with Gasteiger partial charge in [0.1, 0.15) is 5.82 Å². The van der Waals surface area contributed by atoms with Crippen molar-refractivity contribution in [1.82, 2.24) is 9.44 Å². The van der Waals surface area contributed by atoms with Gasteiger partial charge in [-0.05, 0) is 48.5 Å². The maximum Gasteiger partial charge on any atom is 0.264 e. The first-order chi connectivity index (χ1) is 13.5. The molecule has 0 saturated carbocycles. The predicted molar refractivity (Wildman–Crippen MR) is 102 cm³/mol. The summed E-state index contributed by atoms with van der Waals surface area (Å²) in [5.41, 5.74) is 0.290. The molecular formula is C17H18FN3O6S2. The van der Waals surface area contributed by atoms with Crippen molar-refractivity contribution in [3.63, 3.8) is 0 Å². The van der Waals surface area contributed by atoms with E-state index < -0.39 is 37.7 Å². The highest BCUT2D eigenvalue weighted by atomic mass is 32.2. The standard InChI is InChI=1S/C17H18FN3O6S2/c1-12(22)21-29(26,27)16-8-4-14(5-9-16)20-17(23)10-11-19-28(24,25)15-6-2-13(18)3-7-15/h2-9,19H,10-11H2,1H3,(H,20,23)(H,21,22). The van der Waals surface area contributed by atoms with Crippen molar-refractivity contribution in [1.29, 1.82) is 0 Å². The fourth-order valence-corrected chi connectivity index (χ4v) is 4.21. The highest BCUT2D eigenvalue weighted by molar-refractivity contribution is 7.90. The predicted octanol–water partition coefficient (Wildman–Crippen LogP) is 0.958. The van der Waals surface area contributed by atoms with E-state index in [2.05, 4.69) is 10.0 Å². The largest absolute Gasteiger partial charge is 0.326 e. The van der Waals surface area contributed by atoms with E-state index in [1.165, 1.54) is 24.3 Å². The molecule has 0 unspecified atom stereocenters. The summed E-state index contributed by atoms with van der Waals surface area (Å²) >= 11 is 0. The summed E-state index contributed by atoms with van der Waals surface area (Å²) in [5.74, 6) is -1.81. The maximum absolute atomic E-state index is 12.9. The quantitative estimate of drug-likeness (QED) is 0.555. The minimum absolute atomic E-state index is 0.129. The Morgan fingerprint density at radius 1 is 0.862 bits per heavy atom. The first-order valence-corrected chi connectivity index (χ1v) is 11.1. The highest BCUT2D eigenvalue weighted by Gasteiger charge is 2.16. The van der Waals surface area contributed by atoms with E-state index in [0.717, 1.165) is 31.2 Å². The Bertz CT molecular complexity index is 1100. The van der Waals surface area contributed by atoms with Gasteiger partial charge in [-0.15, -0.1) is 0 Å². The van der Waals surface area contributed by atoms with E-state index in [0.29, 0.717) is 0 Å². The smallest absolute Gasteiger partial charge is 0.264 e. The highest BCUT2D eigenvalue weighted by Crippen LogP contribution is 2.14. The fraction of sp³-hybridized carbons (Fsp3) is 0.176. The van der Waals surface area contributed by atoms with Gasteiger partial charge in [-0.25, -0.2) is 30.7 Å². The number of carbonyl (C=O) groups is 2. The zero-order valence-corrected chi connectivity index (χ0v) is 16.8. The molecule has 0 heterocycles. The van der Waals surface area contributed by atoms with E-state index in [-0.39, 0.29) is 28.4 Å². The van der Waals surface area contributed by atoms with Crippen molar-refractivity contribution in [3.05, 3.63) is 54.3 Å². The molecule has 9 nitrogen and oxygen atoms in total. The zero-order chi connectivity index (χ0) is 21.7. The second-order valence-electron chi connectivity index (χ2n) is 5.84. The lowest BCUT2D eigenvalue weighted by molar-refractivity contribution is -0.117. The van der Waals surface area contributed by atoms with Gasteiger partial charge in [0, 0.05) is 25.6 Å². The van der Waals surface area contributed by atoms with Crippen LogP contribution in [0.15, 0.2) is 58.3 Å². The van der Waals surface area contributed by atoms with E-state index in [1.807, 2.05) is 4.72 Å². The molecule has 156 valence electrons. The van der Waals surface area contributed by atoms with Crippen molar-refractivity contribution in [2.24, 2.45) is 0 Å². The summed E-state index contributed by atoms with van der Waals surface area (Å²) in [7, 11) is -7.85. The van der Waals surface area contributed by atoms with E-state index >= 15 is 0 Å². The lowest BCUT2D eigenvalue weighted by atomic mass is 10.3. The normalized spacial score (nSPS) is 11.7. The third-order valence-electron chi connectivity index (χ3n) is 3.49. The lowest BCUT2D eigenvalue weighted by Crippen LogP contribution is -2.28. The summed E-state index contributed by atoms with van der Waals surface area (Å²) in [4.78, 5) is 22.6. The van der Waals surface area contributed by atoms with Crippen LogP contribution in [0.3, 0.4) is 0 Å². The number of anilines is 1. The van der Waals surface area contributed by atoms with Gasteiger partial charge in [-0.1, -0.05) is 0 Å². The molecule has 0 fully saturated rings. The summed E-state index contributed by atoms with van der Waals surface area (Å²) < 4.78 is 64.7. The molecule has 0 bridgehead atoms. The molecule has 12 heteroatoms. The Kier molecular flexibility index (Phi) is 7.06. The number of hydrogen-bond acceptors (Lipinski definition) is 6. The minimum atomic E-state index is -3.98. The maximum atomic E-state index is 12.9. The molecule has 3 N–H and O–H groups in total. The van der Waals surface area contributed by atoms with Crippen LogP contribution in [0.2, 0.25) is 0 Å². The Hall–Kier alpha value is -2.83. The molecule has 0 aliphatic carbocycles. The molecule has 29 heavy (non-hydrogen) atoms. The molecule has 0 radical (unpaired) electrons. The van der Waals surface area contributed by atoms with Gasteiger partial charge in [-0.2, -0.15) is 0 Å². The fourth-order valence-electron chi connectivity index (χ4n) is 2.19. The number of halogens is 1. The van der Waals surface area contributed by atoms with Crippen molar-refractivity contribution in [2.75, 3.05) is 11.9 Å². The van der Waals surface area contributed by atoms with Gasteiger partial charge >= 0.3 is 0 Å². The van der Waals surface area contributed by atoms with E-state index in [1.54, 1.807) is 0 Å². The number of nitrogens with one attached hydrogen (secondary N) is 3. The second kappa shape index (κ2) is 9.11. The van der Waals surface area contributed by atoms with Crippen LogP contribution in [0, 0.1) is 5.82 Å². The molecule has 0 aromatic heterocycles. The second-order valence-corrected chi connectivity index (χ2v) is 9.29. The number of sulfonamides is 2. The molecule has 0 aliphatic rings. The minimum Gasteiger partial charge on any atom is -0.326 e. The average Bonchev–Trinajstić information content (AvgIpc) is 2.61. The van der Waals surface area contributed by atoms with E-state index in [9.17, 15) is 30.8 Å². The van der Waals surface area contributed by atoms with Gasteiger partial charge in [0.05, 0.1) is 9.79 Å². The van der Waals surface area contributed by atoms with Crippen molar-refractivity contribution >= 4 is 37.5 Å². The molecule has 2 amide bonds. The molecule has 2 rings (SSSR count). The summed E-state index contributed by atoms with van der Waals surface area (Å²) in [5, 5.41) is 2.49. The van der Waals surface area contributed by atoms with Crippen LogP contribution in [-0.4, -0.2) is 35.2 Å². The monoisotopic (exact) mass is 443 g/mol. The van der Waals surface area contributed by atoms with Crippen LogP contribution >= 0.6 is 0 Å². The molecule has 2 aromatic rings. The number of carbonyl (C=O) groups excluding carboxylic acids is 2. The number of rotatable bonds is 8. The van der Waals surface area contributed by atoms with Crippen molar-refractivity contribution in [3.8, 4) is 0 Å². The Balaban J connectivity index is 1.89. The van der Waals surface area contributed by atoms with Gasteiger partial charge < -0.3 is 5.32 Å². The molecule has 0 saturated heterocycles. The first kappa shape index (κ1) is 22.5. The third kappa shape index (κ3) is 6.62. The summed E-state index contributed by atoms with van der Waals surface area (Å²) in [6, 6.07) is 9.30. The third-order valence-corrected chi connectivity index (χ3v) is 6.42. The zero-order valence-electron chi connectivity index (χ0n) is 15.2. The summed E-state index contributed by atoms with van der Waals surface area (Å²) in [6.45, 7) is 0.872.